The first kappa shape index (κ1) is 16.8. The third kappa shape index (κ3) is 6.05. The average molecular weight is 307 g/mol. The Morgan fingerprint density at radius 2 is 2.00 bits per heavy atom. The normalized spacial score (nSPS) is 19.0. The number of nitrogens with zero attached hydrogens (tertiary/aromatic N) is 3. The maximum atomic E-state index is 11.7. The molecule has 1 unspecified atom stereocenters. The lowest BCUT2D eigenvalue weighted by Gasteiger charge is -2.33. The lowest BCUT2D eigenvalue weighted by atomic mass is 10.0. The van der Waals surface area contributed by atoms with Gasteiger partial charge in [0.05, 0.1) is 0 Å². The van der Waals surface area contributed by atoms with Crippen LogP contribution >= 0.6 is 0 Å². The summed E-state index contributed by atoms with van der Waals surface area (Å²) >= 11 is 0. The topological polar surface area (TPSA) is 62.2 Å². The van der Waals surface area contributed by atoms with Gasteiger partial charge in [-0.1, -0.05) is 6.42 Å². The van der Waals surface area contributed by atoms with Crippen LogP contribution in [0.3, 0.4) is 0 Å². The smallest absolute Gasteiger partial charge is 0.314 e. The van der Waals surface area contributed by atoms with E-state index in [4.69, 9.17) is 0 Å². The number of rotatable bonds is 8. The predicted octanol–water partition coefficient (Wildman–Crippen LogP) is 1.84. The standard InChI is InChI=1S/C16H29N5O/c1-15-7-2-3-11-20(15)12-4-8-17-16(22)18-9-5-13-21-14-6-10-19-21/h6,10,14-15H,2-5,7-9,11-13H2,1H3,(H2,17,18,22). The van der Waals surface area contributed by atoms with Gasteiger partial charge >= 0.3 is 6.03 Å². The number of piperidine rings is 1. The maximum Gasteiger partial charge on any atom is 0.314 e. The number of likely N-dealkylation sites (tertiary alicyclic amines) is 1. The molecule has 6 nitrogen and oxygen atoms in total. The Bertz CT molecular complexity index is 420. The number of carbonyl (C=O) groups is 1. The zero-order valence-corrected chi connectivity index (χ0v) is 13.6. The fraction of sp³-hybridized carbons (Fsp3) is 0.750. The molecule has 2 heterocycles. The minimum atomic E-state index is -0.0628. The van der Waals surface area contributed by atoms with Crippen LogP contribution in [0.25, 0.3) is 0 Å². The Morgan fingerprint density at radius 1 is 1.23 bits per heavy atom. The molecule has 0 saturated carbocycles. The molecule has 0 aromatic carbocycles. The highest BCUT2D eigenvalue weighted by atomic mass is 16.2. The van der Waals surface area contributed by atoms with Crippen molar-refractivity contribution in [1.29, 1.82) is 0 Å². The van der Waals surface area contributed by atoms with Crippen LogP contribution < -0.4 is 10.6 Å². The Hall–Kier alpha value is -1.56. The molecule has 22 heavy (non-hydrogen) atoms. The van der Waals surface area contributed by atoms with Gasteiger partial charge in [0.1, 0.15) is 0 Å². The molecule has 1 saturated heterocycles. The van der Waals surface area contributed by atoms with Crippen molar-refractivity contribution in [2.24, 2.45) is 0 Å². The first-order valence-corrected chi connectivity index (χ1v) is 8.49. The van der Waals surface area contributed by atoms with Crippen LogP contribution in [0, 0.1) is 0 Å². The van der Waals surface area contributed by atoms with E-state index in [0.717, 1.165) is 32.5 Å². The van der Waals surface area contributed by atoms with Gasteiger partial charge in [-0.25, -0.2) is 4.79 Å². The van der Waals surface area contributed by atoms with Gasteiger partial charge in [0.25, 0.3) is 0 Å². The number of carbonyl (C=O) groups excluding carboxylic acids is 1. The highest BCUT2D eigenvalue weighted by Crippen LogP contribution is 2.15. The number of hydrogen-bond donors (Lipinski definition) is 2. The van der Waals surface area contributed by atoms with Gasteiger partial charge in [0, 0.05) is 44.6 Å². The molecular formula is C16H29N5O. The highest BCUT2D eigenvalue weighted by molar-refractivity contribution is 5.73. The van der Waals surface area contributed by atoms with E-state index in [0.29, 0.717) is 12.6 Å². The Kier molecular flexibility index (Phi) is 7.22. The van der Waals surface area contributed by atoms with E-state index in [1.807, 2.05) is 16.9 Å². The van der Waals surface area contributed by atoms with Crippen molar-refractivity contribution >= 4 is 6.03 Å². The van der Waals surface area contributed by atoms with Crippen LogP contribution in [0.15, 0.2) is 18.5 Å². The molecule has 1 aromatic rings. The maximum absolute atomic E-state index is 11.7. The molecule has 2 rings (SSSR count). The van der Waals surface area contributed by atoms with Crippen LogP contribution in [0.5, 0.6) is 0 Å². The van der Waals surface area contributed by atoms with E-state index < -0.39 is 0 Å². The summed E-state index contributed by atoms with van der Waals surface area (Å²) in [6, 6.07) is 2.54. The summed E-state index contributed by atoms with van der Waals surface area (Å²) in [5, 5.41) is 9.95. The second-order valence-electron chi connectivity index (χ2n) is 6.04. The molecule has 0 radical (unpaired) electrons. The van der Waals surface area contributed by atoms with Crippen molar-refractivity contribution < 1.29 is 4.79 Å². The number of hydrogen-bond acceptors (Lipinski definition) is 3. The molecule has 124 valence electrons. The highest BCUT2D eigenvalue weighted by Gasteiger charge is 2.17. The minimum Gasteiger partial charge on any atom is -0.338 e. The van der Waals surface area contributed by atoms with Gasteiger partial charge in [0.2, 0.25) is 0 Å². The number of nitrogens with one attached hydrogen (secondary N) is 2. The summed E-state index contributed by atoms with van der Waals surface area (Å²) in [4.78, 5) is 14.2. The molecule has 1 atom stereocenters. The van der Waals surface area contributed by atoms with Gasteiger partial charge in [-0.2, -0.15) is 5.10 Å². The summed E-state index contributed by atoms with van der Waals surface area (Å²) in [6.07, 6.45) is 9.59. The van der Waals surface area contributed by atoms with Gasteiger partial charge in [-0.3, -0.25) is 4.68 Å². The van der Waals surface area contributed by atoms with Gasteiger partial charge in [0.15, 0.2) is 0 Å². The molecule has 6 heteroatoms. The van der Waals surface area contributed by atoms with E-state index in [2.05, 4.69) is 27.6 Å². The monoisotopic (exact) mass is 307 g/mol. The molecular weight excluding hydrogens is 278 g/mol. The SMILES string of the molecule is CC1CCCCN1CCCNC(=O)NCCCn1cccn1. The van der Waals surface area contributed by atoms with Crippen molar-refractivity contribution in [3.05, 3.63) is 18.5 Å². The number of aromatic nitrogens is 2. The quantitative estimate of drug-likeness (QED) is 0.720. The van der Waals surface area contributed by atoms with E-state index in [-0.39, 0.29) is 6.03 Å². The van der Waals surface area contributed by atoms with Crippen LogP contribution in [0.4, 0.5) is 4.79 Å². The van der Waals surface area contributed by atoms with E-state index in [1.54, 1.807) is 6.20 Å². The van der Waals surface area contributed by atoms with E-state index >= 15 is 0 Å². The summed E-state index contributed by atoms with van der Waals surface area (Å²) in [6.45, 7) is 6.85. The molecule has 0 bridgehead atoms. The van der Waals surface area contributed by atoms with E-state index in [1.165, 1.54) is 25.8 Å². The molecule has 0 aliphatic carbocycles. The Morgan fingerprint density at radius 3 is 2.68 bits per heavy atom. The fourth-order valence-corrected chi connectivity index (χ4v) is 2.91. The third-order valence-corrected chi connectivity index (χ3v) is 4.26. The molecule has 1 fully saturated rings. The molecule has 2 N–H and O–H groups in total. The first-order valence-electron chi connectivity index (χ1n) is 8.49. The van der Waals surface area contributed by atoms with Crippen LogP contribution in [0.2, 0.25) is 0 Å². The van der Waals surface area contributed by atoms with Crippen molar-refractivity contribution in [1.82, 2.24) is 25.3 Å². The number of urea groups is 1. The van der Waals surface area contributed by atoms with Crippen LogP contribution in [0.1, 0.15) is 39.0 Å². The molecule has 1 aliphatic rings. The van der Waals surface area contributed by atoms with Crippen molar-refractivity contribution in [3.8, 4) is 0 Å². The van der Waals surface area contributed by atoms with E-state index in [9.17, 15) is 4.79 Å². The minimum absolute atomic E-state index is 0.0628. The van der Waals surface area contributed by atoms with Crippen LogP contribution in [-0.4, -0.2) is 52.9 Å². The third-order valence-electron chi connectivity index (χ3n) is 4.26. The lowest BCUT2D eigenvalue weighted by molar-refractivity contribution is 0.159. The number of aryl methyl sites for hydroxylation is 1. The summed E-state index contributed by atoms with van der Waals surface area (Å²) in [5.74, 6) is 0. The second kappa shape index (κ2) is 9.46. The Balaban J connectivity index is 1.45. The van der Waals surface area contributed by atoms with Gasteiger partial charge in [-0.05, 0) is 45.2 Å². The number of amides is 2. The van der Waals surface area contributed by atoms with Crippen molar-refractivity contribution in [2.45, 2.75) is 51.6 Å². The Labute approximate surface area is 133 Å². The summed E-state index contributed by atoms with van der Waals surface area (Å²) < 4.78 is 1.87. The van der Waals surface area contributed by atoms with Gasteiger partial charge < -0.3 is 15.5 Å². The van der Waals surface area contributed by atoms with Crippen molar-refractivity contribution in [3.63, 3.8) is 0 Å². The average Bonchev–Trinajstić information content (AvgIpc) is 3.03. The predicted molar refractivity (Wildman–Crippen MR) is 87.7 cm³/mol. The molecule has 1 aromatic heterocycles. The van der Waals surface area contributed by atoms with Crippen molar-refractivity contribution in [2.75, 3.05) is 26.2 Å². The fourth-order valence-electron chi connectivity index (χ4n) is 2.91. The summed E-state index contributed by atoms with van der Waals surface area (Å²) in [5.41, 5.74) is 0. The van der Waals surface area contributed by atoms with Gasteiger partial charge in [-0.15, -0.1) is 0 Å². The molecule has 0 spiro atoms. The molecule has 1 aliphatic heterocycles. The zero-order valence-electron chi connectivity index (χ0n) is 13.6. The first-order chi connectivity index (χ1) is 10.8. The zero-order chi connectivity index (χ0) is 15.6. The second-order valence-corrected chi connectivity index (χ2v) is 6.04. The summed E-state index contributed by atoms with van der Waals surface area (Å²) in [7, 11) is 0. The largest absolute Gasteiger partial charge is 0.338 e. The lowest BCUT2D eigenvalue weighted by Crippen LogP contribution is -2.41. The van der Waals surface area contributed by atoms with Crippen LogP contribution in [-0.2, 0) is 6.54 Å². The molecule has 2 amide bonds.